The molecule has 10 rings (SSSR count). The summed E-state index contributed by atoms with van der Waals surface area (Å²) < 4.78 is 7.15. The van der Waals surface area contributed by atoms with Gasteiger partial charge in [-0.2, -0.15) is 0 Å². The molecule has 3 unspecified atom stereocenters. The third kappa shape index (κ3) is 9.22. The van der Waals surface area contributed by atoms with Gasteiger partial charge in [0.15, 0.2) is 0 Å². The van der Waals surface area contributed by atoms with Crippen molar-refractivity contribution < 1.29 is 0 Å². The van der Waals surface area contributed by atoms with Crippen molar-refractivity contribution >= 4 is 38.4 Å². The molecule has 0 amide bonds. The normalized spacial score (nSPS) is 18.1. The Hall–Kier alpha value is -4.78. The molecule has 0 N–H and O–H groups in total. The minimum absolute atomic E-state index is 0.411. The molecule has 3 aromatic heterocycles. The molecule has 3 aliphatic heterocycles. The number of para-hydroxylation sites is 4. The topological polar surface area (TPSA) is 24.5 Å². The summed E-state index contributed by atoms with van der Waals surface area (Å²) >= 11 is 0. The molecule has 0 radical (unpaired) electrons. The second-order valence-electron chi connectivity index (χ2n) is 16.1. The molecule has 0 saturated carbocycles. The number of benzene rings is 4. The van der Waals surface area contributed by atoms with Crippen LogP contribution in [0.2, 0.25) is 0 Å². The fraction of sp³-hybridized carbons (Fsp3) is 0.455. The zero-order chi connectivity index (χ0) is 44.4. The lowest BCUT2D eigenvalue weighted by molar-refractivity contribution is 0.193. The quantitative estimate of drug-likeness (QED) is 0.177. The third-order valence-electron chi connectivity index (χ3n) is 13.2. The maximum absolute atomic E-state index is 2.61. The van der Waals surface area contributed by atoms with Crippen LogP contribution in [0.5, 0.6) is 0 Å². The fourth-order valence-corrected chi connectivity index (χ4v) is 10.3. The van der Waals surface area contributed by atoms with Crippen molar-refractivity contribution in [1.82, 2.24) is 23.5 Å². The molecule has 6 nitrogen and oxygen atoms in total. The predicted molar refractivity (Wildman–Crippen MR) is 267 cm³/mol. The Bertz CT molecular complexity index is 2430. The summed E-state index contributed by atoms with van der Waals surface area (Å²) in [6, 6.07) is 38.6. The average molecular weight is 823 g/mol. The molecule has 6 heteroatoms. The highest BCUT2D eigenvalue weighted by molar-refractivity contribution is 5.88. The van der Waals surface area contributed by atoms with Gasteiger partial charge >= 0.3 is 0 Å². The molecule has 3 atom stereocenters. The number of nitrogens with zero attached hydrogens (tertiary/aromatic N) is 6. The van der Waals surface area contributed by atoms with Gasteiger partial charge in [0.2, 0.25) is 0 Å². The SMILES string of the molecule is CC.CC.CC.CC1c2c(c3ccccc3n2C)CCN1C.CC1c2c(c3ccccc3n2C)CCN1c1ccccc1.CCCN1CCc2c(n(C)c3ccccc23)C1C. The molecule has 4 aromatic carbocycles. The third-order valence-corrected chi connectivity index (χ3v) is 13.2. The average Bonchev–Trinajstić information content (AvgIpc) is 3.90. The van der Waals surface area contributed by atoms with Gasteiger partial charge in [0, 0.05) is 108 Å². The van der Waals surface area contributed by atoms with E-state index in [4.69, 9.17) is 0 Å². The molecule has 61 heavy (non-hydrogen) atoms. The van der Waals surface area contributed by atoms with Crippen LogP contribution < -0.4 is 4.90 Å². The minimum Gasteiger partial charge on any atom is -0.363 e. The number of rotatable bonds is 3. The van der Waals surface area contributed by atoms with Gasteiger partial charge in [-0.15, -0.1) is 0 Å². The van der Waals surface area contributed by atoms with Gasteiger partial charge in [-0.3, -0.25) is 9.80 Å². The Morgan fingerprint density at radius 1 is 0.443 bits per heavy atom. The molecule has 0 aliphatic carbocycles. The monoisotopic (exact) mass is 823 g/mol. The van der Waals surface area contributed by atoms with Gasteiger partial charge in [0.05, 0.1) is 6.04 Å². The van der Waals surface area contributed by atoms with Crippen LogP contribution in [0.1, 0.15) is 128 Å². The molecular formula is C55H78N6. The maximum atomic E-state index is 2.61. The van der Waals surface area contributed by atoms with E-state index in [1.165, 1.54) is 99.9 Å². The Labute approximate surface area is 369 Å². The standard InChI is InChI=1S/C19H20N2.C16H22N2.C14H18N2.3C2H6/c1-14-19-17(16-10-6-7-11-18(16)20(19)2)12-13-21(14)15-8-4-3-5-9-15;1-4-10-18-11-9-14-13-7-5-6-8-15(13)17(3)16(14)12(18)2;1-10-14-12(8-9-15(10)2)11-6-4-5-7-13(11)16(14)3;3*1-2/h3-11,14H,12-13H2,1-2H3;5-8,12H,4,9-11H2,1-3H3;4-7,10H,8-9H2,1-3H3;3*1-2H3. The van der Waals surface area contributed by atoms with E-state index in [2.05, 4.69) is 187 Å². The van der Waals surface area contributed by atoms with Crippen LogP contribution in [0.15, 0.2) is 103 Å². The van der Waals surface area contributed by atoms with Gasteiger partial charge in [-0.1, -0.05) is 121 Å². The van der Waals surface area contributed by atoms with Crippen molar-refractivity contribution in [3.63, 3.8) is 0 Å². The van der Waals surface area contributed by atoms with Crippen molar-refractivity contribution in [3.8, 4) is 0 Å². The second kappa shape index (κ2) is 21.8. The molecule has 328 valence electrons. The van der Waals surface area contributed by atoms with Crippen LogP contribution in [0.25, 0.3) is 32.7 Å². The molecule has 0 spiro atoms. The second-order valence-corrected chi connectivity index (χ2v) is 16.1. The number of aryl methyl sites for hydroxylation is 3. The Morgan fingerprint density at radius 3 is 1.28 bits per heavy atom. The van der Waals surface area contributed by atoms with Crippen LogP contribution in [0, 0.1) is 0 Å². The zero-order valence-corrected chi connectivity index (χ0v) is 40.4. The van der Waals surface area contributed by atoms with E-state index < -0.39 is 0 Å². The lowest BCUT2D eigenvalue weighted by Gasteiger charge is -2.36. The van der Waals surface area contributed by atoms with Gasteiger partial charge in [-0.05, 0) is 107 Å². The molecule has 7 aromatic rings. The van der Waals surface area contributed by atoms with E-state index in [9.17, 15) is 0 Å². The summed E-state index contributed by atoms with van der Waals surface area (Å²) in [5.74, 6) is 0. The molecule has 6 heterocycles. The van der Waals surface area contributed by atoms with Crippen molar-refractivity contribution in [2.24, 2.45) is 21.1 Å². The van der Waals surface area contributed by atoms with Crippen LogP contribution in [-0.4, -0.2) is 56.7 Å². The van der Waals surface area contributed by atoms with Crippen LogP contribution in [-0.2, 0) is 40.4 Å². The highest BCUT2D eigenvalue weighted by atomic mass is 15.2. The lowest BCUT2D eigenvalue weighted by Crippen LogP contribution is -2.35. The summed E-state index contributed by atoms with van der Waals surface area (Å²) in [6.45, 7) is 25.9. The molecule has 0 saturated heterocycles. The molecular weight excluding hydrogens is 745 g/mol. The van der Waals surface area contributed by atoms with E-state index in [1.807, 2.05) is 41.5 Å². The minimum atomic E-state index is 0.411. The molecule has 0 bridgehead atoms. The van der Waals surface area contributed by atoms with E-state index >= 15 is 0 Å². The number of hydrogen-bond donors (Lipinski definition) is 0. The van der Waals surface area contributed by atoms with E-state index in [-0.39, 0.29) is 0 Å². The van der Waals surface area contributed by atoms with Crippen LogP contribution in [0.4, 0.5) is 5.69 Å². The van der Waals surface area contributed by atoms with Crippen LogP contribution >= 0.6 is 0 Å². The summed E-state index contributed by atoms with van der Waals surface area (Å²) in [4.78, 5) is 7.56. The molecule has 3 aliphatic rings. The van der Waals surface area contributed by atoms with Crippen LogP contribution in [0.3, 0.4) is 0 Å². The highest BCUT2D eigenvalue weighted by Crippen LogP contribution is 2.39. The largest absolute Gasteiger partial charge is 0.363 e. The fourth-order valence-electron chi connectivity index (χ4n) is 10.3. The summed E-state index contributed by atoms with van der Waals surface area (Å²) in [5, 5.41) is 4.33. The summed E-state index contributed by atoms with van der Waals surface area (Å²) in [7, 11) is 8.82. The first kappa shape index (κ1) is 47.3. The number of anilines is 1. The van der Waals surface area contributed by atoms with Gasteiger partial charge < -0.3 is 18.6 Å². The van der Waals surface area contributed by atoms with Crippen molar-refractivity contribution in [3.05, 3.63) is 137 Å². The first-order valence-corrected chi connectivity index (χ1v) is 23.7. The lowest BCUT2D eigenvalue weighted by atomic mass is 9.97. The predicted octanol–water partition coefficient (Wildman–Crippen LogP) is 13.6. The van der Waals surface area contributed by atoms with E-state index in [1.54, 1.807) is 11.1 Å². The first-order valence-electron chi connectivity index (χ1n) is 23.7. The van der Waals surface area contributed by atoms with Crippen molar-refractivity contribution in [2.75, 3.05) is 38.1 Å². The number of fused-ring (bicyclic) bond motifs is 9. The first-order chi connectivity index (χ1) is 29.7. The van der Waals surface area contributed by atoms with Crippen molar-refractivity contribution in [2.45, 2.75) is 113 Å². The van der Waals surface area contributed by atoms with Gasteiger partial charge in [0.25, 0.3) is 0 Å². The van der Waals surface area contributed by atoms with E-state index in [0.717, 1.165) is 13.0 Å². The van der Waals surface area contributed by atoms with E-state index in [0.29, 0.717) is 18.1 Å². The Balaban J connectivity index is 0.000000164. The number of likely N-dealkylation sites (N-methyl/N-ethyl adjacent to an activating group) is 1. The number of hydrogen-bond acceptors (Lipinski definition) is 3. The number of aromatic nitrogens is 3. The maximum Gasteiger partial charge on any atom is 0.0668 e. The Kier molecular flexibility index (Phi) is 16.9. The zero-order valence-electron chi connectivity index (χ0n) is 40.4. The summed E-state index contributed by atoms with van der Waals surface area (Å²) in [6.07, 6.45) is 4.73. The summed E-state index contributed by atoms with van der Waals surface area (Å²) in [5.41, 5.74) is 14.6. The highest BCUT2D eigenvalue weighted by Gasteiger charge is 2.30. The van der Waals surface area contributed by atoms with Gasteiger partial charge in [0.1, 0.15) is 0 Å². The Morgan fingerprint density at radius 2 is 0.820 bits per heavy atom. The smallest absolute Gasteiger partial charge is 0.0668 e. The van der Waals surface area contributed by atoms with Crippen molar-refractivity contribution in [1.29, 1.82) is 0 Å². The van der Waals surface area contributed by atoms with Gasteiger partial charge in [-0.25, -0.2) is 0 Å². The molecule has 0 fully saturated rings.